The molecular weight excluding hydrogens is 497 g/mol. The first-order chi connectivity index (χ1) is 17.9. The average molecular weight is 531 g/mol. The highest BCUT2D eigenvalue weighted by Crippen LogP contribution is 2.41. The van der Waals surface area contributed by atoms with Gasteiger partial charge in [-0.1, -0.05) is 75.4 Å². The van der Waals surface area contributed by atoms with Crippen molar-refractivity contribution < 1.29 is 8.83 Å². The van der Waals surface area contributed by atoms with Crippen LogP contribution in [0.15, 0.2) is 69.5 Å². The monoisotopic (exact) mass is 530 g/mol. The number of aryl methyl sites for hydroxylation is 2. The summed E-state index contributed by atoms with van der Waals surface area (Å²) in [6.45, 7) is 17.8. The van der Waals surface area contributed by atoms with Crippen molar-refractivity contribution in [2.24, 2.45) is 0 Å². The van der Waals surface area contributed by atoms with Crippen LogP contribution >= 0.6 is 0 Å². The van der Waals surface area contributed by atoms with E-state index >= 15 is 0 Å². The van der Waals surface area contributed by atoms with Crippen molar-refractivity contribution in [3.63, 3.8) is 0 Å². The van der Waals surface area contributed by atoms with Gasteiger partial charge in [0, 0.05) is 33.0 Å². The Kier molecular flexibility index (Phi) is 6.52. The standard InChI is InChI=1S/C34H34O2Si2/c1-23-24(2)34-30(22-32(36-34)28-16-12-10-14-26(28)18-20-38(6,7)8)29-21-31(35-33(23)29)27-15-11-9-13-25(27)17-19-37(3,4)5/h9-16,21-22H,1-8H3. The van der Waals surface area contributed by atoms with E-state index < -0.39 is 16.1 Å². The third-order valence-electron chi connectivity index (χ3n) is 6.53. The molecule has 5 aromatic rings. The maximum Gasteiger partial charge on any atom is 0.138 e. The molecule has 0 N–H and O–H groups in total. The van der Waals surface area contributed by atoms with E-state index in [-0.39, 0.29) is 0 Å². The fraction of sp³-hybridized carbons (Fsp3) is 0.235. The summed E-state index contributed by atoms with van der Waals surface area (Å²) in [4.78, 5) is 0. The fourth-order valence-corrected chi connectivity index (χ4v) is 5.49. The van der Waals surface area contributed by atoms with Crippen LogP contribution in [-0.4, -0.2) is 16.1 Å². The van der Waals surface area contributed by atoms with Gasteiger partial charge in [-0.3, -0.25) is 0 Å². The molecule has 190 valence electrons. The van der Waals surface area contributed by atoms with E-state index in [1.165, 1.54) is 0 Å². The molecule has 2 nitrogen and oxygen atoms in total. The minimum atomic E-state index is -1.51. The van der Waals surface area contributed by atoms with Crippen molar-refractivity contribution in [2.45, 2.75) is 53.1 Å². The van der Waals surface area contributed by atoms with Gasteiger partial charge in [-0.05, 0) is 61.4 Å². The molecule has 0 aliphatic rings. The van der Waals surface area contributed by atoms with Crippen LogP contribution in [0.25, 0.3) is 44.6 Å². The van der Waals surface area contributed by atoms with Gasteiger partial charge >= 0.3 is 0 Å². The molecule has 38 heavy (non-hydrogen) atoms. The van der Waals surface area contributed by atoms with Crippen molar-refractivity contribution in [2.75, 3.05) is 0 Å². The Morgan fingerprint density at radius 2 is 0.921 bits per heavy atom. The van der Waals surface area contributed by atoms with Gasteiger partial charge < -0.3 is 8.83 Å². The number of hydrogen-bond donors (Lipinski definition) is 0. The highest BCUT2D eigenvalue weighted by atomic mass is 28.3. The van der Waals surface area contributed by atoms with Gasteiger partial charge in [0.2, 0.25) is 0 Å². The first-order valence-corrected chi connectivity index (χ1v) is 20.1. The van der Waals surface area contributed by atoms with Crippen molar-refractivity contribution in [3.8, 4) is 45.6 Å². The molecule has 2 heterocycles. The Balaban J connectivity index is 1.70. The third kappa shape index (κ3) is 5.16. The summed E-state index contributed by atoms with van der Waals surface area (Å²) in [5.41, 5.74) is 15.0. The van der Waals surface area contributed by atoms with E-state index in [2.05, 4.69) is 112 Å². The first kappa shape index (κ1) is 25.9. The van der Waals surface area contributed by atoms with E-state index in [0.717, 1.165) is 66.8 Å². The molecule has 0 fully saturated rings. The lowest BCUT2D eigenvalue weighted by molar-refractivity contribution is 0.621. The molecule has 5 rings (SSSR count). The van der Waals surface area contributed by atoms with Gasteiger partial charge in [0.1, 0.15) is 38.8 Å². The maximum absolute atomic E-state index is 6.55. The second kappa shape index (κ2) is 9.55. The number of rotatable bonds is 2. The van der Waals surface area contributed by atoms with Crippen molar-refractivity contribution in [1.29, 1.82) is 0 Å². The quantitative estimate of drug-likeness (QED) is 0.168. The molecule has 0 aliphatic carbocycles. The topological polar surface area (TPSA) is 26.3 Å². The smallest absolute Gasteiger partial charge is 0.138 e. The summed E-state index contributed by atoms with van der Waals surface area (Å²) in [6, 6.07) is 20.8. The van der Waals surface area contributed by atoms with Crippen LogP contribution in [0, 0.1) is 36.8 Å². The van der Waals surface area contributed by atoms with Gasteiger partial charge in [-0.15, -0.1) is 11.1 Å². The predicted octanol–water partition coefficient (Wildman–Crippen LogP) is 9.59. The summed E-state index contributed by atoms with van der Waals surface area (Å²) in [5, 5.41) is 2.12. The molecule has 0 spiro atoms. The van der Waals surface area contributed by atoms with Crippen molar-refractivity contribution in [3.05, 3.63) is 82.9 Å². The largest absolute Gasteiger partial charge is 0.456 e. The summed E-state index contributed by atoms with van der Waals surface area (Å²) in [6.07, 6.45) is 0. The van der Waals surface area contributed by atoms with Gasteiger partial charge in [0.05, 0.1) is 0 Å². The van der Waals surface area contributed by atoms with E-state index in [1.54, 1.807) is 0 Å². The molecule has 0 aliphatic heterocycles. The van der Waals surface area contributed by atoms with E-state index in [9.17, 15) is 0 Å². The lowest BCUT2D eigenvalue weighted by Crippen LogP contribution is -2.16. The number of hydrogen-bond acceptors (Lipinski definition) is 2. The van der Waals surface area contributed by atoms with Crippen LogP contribution < -0.4 is 0 Å². The SMILES string of the molecule is Cc1c(C)c2oc(-c3ccccc3C#C[Si](C)(C)C)cc2c2cc(-c3ccccc3C#C[Si](C)(C)C)oc12. The van der Waals surface area contributed by atoms with E-state index in [4.69, 9.17) is 8.83 Å². The molecule has 2 aromatic heterocycles. The predicted molar refractivity (Wildman–Crippen MR) is 167 cm³/mol. The lowest BCUT2D eigenvalue weighted by Gasteiger charge is -2.05. The van der Waals surface area contributed by atoms with E-state index in [0.29, 0.717) is 0 Å². The molecule has 0 radical (unpaired) electrons. The first-order valence-electron chi connectivity index (χ1n) is 13.1. The summed E-state index contributed by atoms with van der Waals surface area (Å²) in [5.74, 6) is 8.54. The highest BCUT2D eigenvalue weighted by Gasteiger charge is 2.20. The van der Waals surface area contributed by atoms with Crippen LogP contribution in [0.5, 0.6) is 0 Å². The Morgan fingerprint density at radius 3 is 1.29 bits per heavy atom. The molecule has 0 unspecified atom stereocenters. The number of benzene rings is 3. The molecule has 0 saturated heterocycles. The lowest BCUT2D eigenvalue weighted by atomic mass is 10.0. The van der Waals surface area contributed by atoms with Crippen molar-refractivity contribution in [1.82, 2.24) is 0 Å². The van der Waals surface area contributed by atoms with Gasteiger partial charge in [-0.2, -0.15) is 0 Å². The number of furan rings is 2. The molecular formula is C34H34O2Si2. The Morgan fingerprint density at radius 1 is 0.553 bits per heavy atom. The molecule has 4 heteroatoms. The van der Waals surface area contributed by atoms with Crippen LogP contribution in [0.1, 0.15) is 22.3 Å². The van der Waals surface area contributed by atoms with Gasteiger partial charge in [-0.25, -0.2) is 0 Å². The molecule has 0 amide bonds. The Labute approximate surface area is 228 Å². The molecule has 0 atom stereocenters. The zero-order valence-electron chi connectivity index (χ0n) is 23.6. The highest BCUT2D eigenvalue weighted by molar-refractivity contribution is 6.84. The zero-order chi connectivity index (χ0) is 27.2. The van der Waals surface area contributed by atoms with Crippen LogP contribution in [0.3, 0.4) is 0 Å². The third-order valence-corrected chi connectivity index (χ3v) is 8.28. The minimum absolute atomic E-state index is 0.833. The Hall–Kier alpha value is -3.71. The summed E-state index contributed by atoms with van der Waals surface area (Å²) >= 11 is 0. The fourth-order valence-electron chi connectivity index (χ4n) is 4.47. The average Bonchev–Trinajstić information content (AvgIpc) is 3.50. The van der Waals surface area contributed by atoms with E-state index in [1.807, 2.05) is 24.3 Å². The number of fused-ring (bicyclic) bond motifs is 3. The van der Waals surface area contributed by atoms with Crippen molar-refractivity contribution >= 4 is 38.1 Å². The van der Waals surface area contributed by atoms with Crippen LogP contribution in [-0.2, 0) is 0 Å². The van der Waals surface area contributed by atoms with Gasteiger partial charge in [0.25, 0.3) is 0 Å². The maximum atomic E-state index is 6.55. The Bertz CT molecular complexity index is 1680. The van der Waals surface area contributed by atoms with Crippen LogP contribution in [0.2, 0.25) is 39.3 Å². The zero-order valence-corrected chi connectivity index (χ0v) is 25.6. The second-order valence-electron chi connectivity index (χ2n) is 12.0. The minimum Gasteiger partial charge on any atom is -0.456 e. The normalized spacial score (nSPS) is 11.8. The van der Waals surface area contributed by atoms with Gasteiger partial charge in [0.15, 0.2) is 0 Å². The van der Waals surface area contributed by atoms with Crippen LogP contribution in [0.4, 0.5) is 0 Å². The summed E-state index contributed by atoms with van der Waals surface area (Å²) in [7, 11) is -3.02. The molecule has 0 saturated carbocycles. The molecule has 0 bridgehead atoms. The molecule has 3 aromatic carbocycles. The summed E-state index contributed by atoms with van der Waals surface area (Å²) < 4.78 is 13.1. The second-order valence-corrected chi connectivity index (χ2v) is 21.5.